The number of aromatic nitrogens is 1. The molecule has 0 spiro atoms. The van der Waals surface area contributed by atoms with Crippen molar-refractivity contribution in [1.29, 1.82) is 5.26 Å². The van der Waals surface area contributed by atoms with Gasteiger partial charge in [0.15, 0.2) is 6.61 Å². The number of amides is 1. The van der Waals surface area contributed by atoms with Crippen molar-refractivity contribution in [1.82, 2.24) is 10.4 Å². The van der Waals surface area contributed by atoms with Crippen molar-refractivity contribution < 1.29 is 23.9 Å². The number of carbonyl (C=O) groups is 1. The van der Waals surface area contributed by atoms with Gasteiger partial charge < -0.3 is 14.2 Å². The van der Waals surface area contributed by atoms with Crippen molar-refractivity contribution in [3.05, 3.63) is 92.7 Å². The molecule has 11 nitrogen and oxygen atoms in total. The molecule has 0 bridgehead atoms. The molecule has 0 saturated carbocycles. The number of nitrogens with one attached hydrogen (secondary N) is 1. The molecular formula is C25H23N5O6. The van der Waals surface area contributed by atoms with Gasteiger partial charge in [0.2, 0.25) is 5.88 Å². The fourth-order valence-corrected chi connectivity index (χ4v) is 3.11. The van der Waals surface area contributed by atoms with Crippen LogP contribution in [-0.2, 0) is 22.7 Å². The van der Waals surface area contributed by atoms with E-state index in [0.29, 0.717) is 22.6 Å². The van der Waals surface area contributed by atoms with Crippen molar-refractivity contribution in [2.75, 3.05) is 13.7 Å². The third kappa shape index (κ3) is 7.34. The van der Waals surface area contributed by atoms with Crippen molar-refractivity contribution >= 4 is 17.8 Å². The van der Waals surface area contributed by atoms with Gasteiger partial charge in [0.05, 0.1) is 17.7 Å². The van der Waals surface area contributed by atoms with Gasteiger partial charge in [0.1, 0.15) is 24.0 Å². The quantitative estimate of drug-likeness (QED) is 0.245. The van der Waals surface area contributed by atoms with E-state index in [0.717, 1.165) is 5.56 Å². The van der Waals surface area contributed by atoms with Crippen LogP contribution in [0.15, 0.2) is 59.7 Å². The predicted octanol–water partition coefficient (Wildman–Crippen LogP) is 3.42. The Morgan fingerprint density at radius 2 is 1.97 bits per heavy atom. The summed E-state index contributed by atoms with van der Waals surface area (Å²) in [5, 5.41) is 24.1. The van der Waals surface area contributed by atoms with Crippen LogP contribution in [0.3, 0.4) is 0 Å². The van der Waals surface area contributed by atoms with Crippen LogP contribution in [0.2, 0.25) is 0 Å². The minimum Gasteiger partial charge on any atom is -0.489 e. The molecule has 3 aromatic rings. The molecule has 1 amide bonds. The van der Waals surface area contributed by atoms with Crippen molar-refractivity contribution in [2.45, 2.75) is 20.1 Å². The summed E-state index contributed by atoms with van der Waals surface area (Å²) in [6.45, 7) is 1.82. The van der Waals surface area contributed by atoms with Crippen molar-refractivity contribution in [3.8, 4) is 17.7 Å². The number of aryl methyl sites for hydroxylation is 1. The number of pyridine rings is 1. The second kappa shape index (κ2) is 12.6. The summed E-state index contributed by atoms with van der Waals surface area (Å²) >= 11 is 0. The van der Waals surface area contributed by atoms with Crippen LogP contribution in [0, 0.1) is 28.4 Å². The lowest BCUT2D eigenvalue weighted by atomic mass is 10.1. The molecule has 36 heavy (non-hydrogen) atoms. The molecule has 0 unspecified atom stereocenters. The third-order valence-corrected chi connectivity index (χ3v) is 4.76. The Hall–Kier alpha value is -4.82. The van der Waals surface area contributed by atoms with Gasteiger partial charge in [-0.15, -0.1) is 0 Å². The van der Waals surface area contributed by atoms with Crippen molar-refractivity contribution in [3.63, 3.8) is 0 Å². The number of hydrogen-bond donors (Lipinski definition) is 1. The van der Waals surface area contributed by atoms with E-state index in [4.69, 9.17) is 14.2 Å². The molecule has 1 aromatic heterocycles. The number of nitro groups is 1. The Balaban J connectivity index is 1.52. The van der Waals surface area contributed by atoms with Gasteiger partial charge in [0.25, 0.3) is 11.6 Å². The summed E-state index contributed by atoms with van der Waals surface area (Å²) in [7, 11) is 1.52. The predicted molar refractivity (Wildman–Crippen MR) is 130 cm³/mol. The number of ether oxygens (including phenoxy) is 3. The lowest BCUT2D eigenvalue weighted by molar-refractivity contribution is -0.384. The lowest BCUT2D eigenvalue weighted by Gasteiger charge is -2.10. The zero-order valence-electron chi connectivity index (χ0n) is 19.6. The van der Waals surface area contributed by atoms with Crippen LogP contribution in [0.1, 0.15) is 27.9 Å². The van der Waals surface area contributed by atoms with E-state index in [1.54, 1.807) is 49.4 Å². The third-order valence-electron chi connectivity index (χ3n) is 4.76. The first-order valence-corrected chi connectivity index (χ1v) is 10.7. The Bertz CT molecular complexity index is 1300. The molecule has 0 atom stereocenters. The standard InChI is InChI=1S/C25H23N5O6/c1-17-10-20(15-34-2)23(12-26)25(28-17)36-16-24(31)29-27-13-19-4-3-5-22(11-19)35-14-18-6-8-21(9-7-18)30(32)33/h3-11,13H,14-16H2,1-2H3,(H,29,31)/b27-13-. The number of non-ortho nitro benzene ring substituents is 1. The average molecular weight is 489 g/mol. The van der Waals surface area contributed by atoms with Gasteiger partial charge in [-0.1, -0.05) is 12.1 Å². The minimum absolute atomic E-state index is 0.0147. The van der Waals surface area contributed by atoms with Crippen LogP contribution in [0.5, 0.6) is 11.6 Å². The highest BCUT2D eigenvalue weighted by molar-refractivity contribution is 5.83. The first kappa shape index (κ1) is 25.8. The van der Waals surface area contributed by atoms with Crippen molar-refractivity contribution in [2.24, 2.45) is 5.10 Å². The molecule has 0 aliphatic heterocycles. The number of methoxy groups -OCH3 is 1. The first-order chi connectivity index (χ1) is 17.4. The number of benzene rings is 2. The average Bonchev–Trinajstić information content (AvgIpc) is 2.87. The fraction of sp³-hybridized carbons (Fsp3) is 0.200. The van der Waals surface area contributed by atoms with Crippen LogP contribution < -0.4 is 14.9 Å². The Morgan fingerprint density at radius 1 is 1.19 bits per heavy atom. The zero-order valence-corrected chi connectivity index (χ0v) is 19.6. The largest absolute Gasteiger partial charge is 0.489 e. The van der Waals surface area contributed by atoms with Gasteiger partial charge in [-0.05, 0) is 48.4 Å². The van der Waals surface area contributed by atoms with E-state index in [2.05, 4.69) is 15.5 Å². The van der Waals surface area contributed by atoms with Gasteiger partial charge >= 0.3 is 0 Å². The van der Waals surface area contributed by atoms with E-state index in [-0.39, 0.29) is 37.0 Å². The second-order valence-corrected chi connectivity index (χ2v) is 7.51. The maximum absolute atomic E-state index is 12.1. The lowest BCUT2D eigenvalue weighted by Crippen LogP contribution is -2.25. The number of nitriles is 1. The smallest absolute Gasteiger partial charge is 0.278 e. The Labute approximate surface area is 207 Å². The molecule has 0 aliphatic rings. The van der Waals surface area contributed by atoms with Crippen LogP contribution in [0.25, 0.3) is 0 Å². The van der Waals surface area contributed by atoms with E-state index in [9.17, 15) is 20.2 Å². The Morgan fingerprint density at radius 3 is 2.67 bits per heavy atom. The van der Waals surface area contributed by atoms with E-state index < -0.39 is 10.8 Å². The number of nitrogens with zero attached hydrogens (tertiary/aromatic N) is 4. The second-order valence-electron chi connectivity index (χ2n) is 7.51. The summed E-state index contributed by atoms with van der Waals surface area (Å²) in [5.74, 6) is 0.0900. The molecule has 1 N–H and O–H groups in total. The highest BCUT2D eigenvalue weighted by atomic mass is 16.6. The van der Waals surface area contributed by atoms with Crippen LogP contribution in [0.4, 0.5) is 5.69 Å². The number of carbonyl (C=O) groups excluding carboxylic acids is 1. The van der Waals surface area contributed by atoms with Crippen LogP contribution >= 0.6 is 0 Å². The Kier molecular flexibility index (Phi) is 9.02. The monoisotopic (exact) mass is 489 g/mol. The topological polar surface area (TPSA) is 149 Å². The molecule has 184 valence electrons. The molecule has 11 heteroatoms. The molecule has 0 radical (unpaired) electrons. The summed E-state index contributed by atoms with van der Waals surface area (Å²) in [6, 6.07) is 16.9. The molecular weight excluding hydrogens is 466 g/mol. The molecule has 2 aromatic carbocycles. The number of nitro benzene ring substituents is 1. The van der Waals surface area contributed by atoms with Gasteiger partial charge in [-0.3, -0.25) is 14.9 Å². The number of rotatable bonds is 11. The molecule has 0 fully saturated rings. The van der Waals surface area contributed by atoms with E-state index >= 15 is 0 Å². The SMILES string of the molecule is COCc1cc(C)nc(OCC(=O)N/N=C\c2cccc(OCc3ccc([N+](=O)[O-])cc3)c2)c1C#N. The normalized spacial score (nSPS) is 10.6. The molecule has 0 saturated heterocycles. The van der Waals surface area contributed by atoms with Gasteiger partial charge in [0, 0.05) is 30.5 Å². The fourth-order valence-electron chi connectivity index (χ4n) is 3.11. The zero-order chi connectivity index (χ0) is 25.9. The van der Waals surface area contributed by atoms with E-state index in [1.807, 2.05) is 6.07 Å². The first-order valence-electron chi connectivity index (χ1n) is 10.7. The maximum atomic E-state index is 12.1. The minimum atomic E-state index is -0.530. The molecule has 0 aliphatic carbocycles. The highest BCUT2D eigenvalue weighted by Gasteiger charge is 2.14. The summed E-state index contributed by atoms with van der Waals surface area (Å²) in [4.78, 5) is 26.6. The van der Waals surface area contributed by atoms with Gasteiger partial charge in [-0.25, -0.2) is 10.4 Å². The summed E-state index contributed by atoms with van der Waals surface area (Å²) < 4.78 is 16.3. The molecule has 3 rings (SSSR count). The summed E-state index contributed by atoms with van der Waals surface area (Å²) in [5.41, 5.74) is 5.29. The highest BCUT2D eigenvalue weighted by Crippen LogP contribution is 2.21. The maximum Gasteiger partial charge on any atom is 0.278 e. The number of hydrogen-bond acceptors (Lipinski definition) is 9. The van der Waals surface area contributed by atoms with Gasteiger partial charge in [-0.2, -0.15) is 10.4 Å². The van der Waals surface area contributed by atoms with E-state index in [1.165, 1.54) is 25.5 Å². The summed E-state index contributed by atoms with van der Waals surface area (Å²) in [6.07, 6.45) is 1.44. The number of hydrazone groups is 1. The molecule has 1 heterocycles. The van der Waals surface area contributed by atoms with Crippen LogP contribution in [-0.4, -0.2) is 35.7 Å².